The lowest BCUT2D eigenvalue weighted by molar-refractivity contribution is 0.457. The fourth-order valence-electron chi connectivity index (χ4n) is 3.60. The van der Waals surface area contributed by atoms with Crippen LogP contribution in [-0.4, -0.2) is 33.9 Å². The zero-order valence-corrected chi connectivity index (χ0v) is 18.8. The van der Waals surface area contributed by atoms with Crippen molar-refractivity contribution in [1.29, 1.82) is 0 Å². The quantitative estimate of drug-likeness (QED) is 0.369. The Kier molecular flexibility index (Phi) is 6.18. The molecule has 0 unspecified atom stereocenters. The van der Waals surface area contributed by atoms with Crippen molar-refractivity contribution >= 4 is 49.3 Å². The van der Waals surface area contributed by atoms with Crippen LogP contribution in [0, 0.1) is 0 Å². The zero-order chi connectivity index (χ0) is 20.9. The van der Waals surface area contributed by atoms with Crippen LogP contribution in [0.3, 0.4) is 0 Å². The van der Waals surface area contributed by atoms with E-state index in [4.69, 9.17) is 4.99 Å². The average Bonchev–Trinajstić information content (AvgIpc) is 3.42. The van der Waals surface area contributed by atoms with Crippen LogP contribution in [0.2, 0.25) is 0 Å². The Balaban J connectivity index is 1.17. The van der Waals surface area contributed by atoms with Gasteiger partial charge in [0.1, 0.15) is 0 Å². The molecule has 31 heavy (non-hydrogen) atoms. The minimum absolute atomic E-state index is 0.869. The highest BCUT2D eigenvalue weighted by molar-refractivity contribution is 8.14. The first kappa shape index (κ1) is 20.1. The summed E-state index contributed by atoms with van der Waals surface area (Å²) in [6.07, 6.45) is 0.960. The number of anilines is 1. The van der Waals surface area contributed by atoms with Gasteiger partial charge in [-0.3, -0.25) is 0 Å². The Hall–Kier alpha value is -2.83. The first-order chi connectivity index (χ1) is 15.3. The molecule has 1 aliphatic heterocycles. The number of hydrogen-bond donors (Lipinski definition) is 1. The first-order valence-electron chi connectivity index (χ1n) is 10.5. The van der Waals surface area contributed by atoms with Crippen LogP contribution < -0.4 is 5.32 Å². The number of fused-ring (bicyclic) bond motifs is 1. The second kappa shape index (κ2) is 9.54. The highest BCUT2D eigenvalue weighted by Gasteiger charge is 2.19. The third-order valence-corrected chi connectivity index (χ3v) is 7.21. The molecule has 0 spiro atoms. The van der Waals surface area contributed by atoms with Crippen LogP contribution in [0.5, 0.6) is 0 Å². The Morgan fingerprint density at radius 2 is 1.71 bits per heavy atom. The van der Waals surface area contributed by atoms with E-state index in [0.29, 0.717) is 0 Å². The van der Waals surface area contributed by atoms with E-state index in [9.17, 15) is 0 Å². The predicted molar refractivity (Wildman–Crippen MR) is 135 cm³/mol. The summed E-state index contributed by atoms with van der Waals surface area (Å²) in [4.78, 5) is 11.9. The standard InChI is InChI=1S/C25H24N4S2/c1-2-6-20(7-3-1)18-29-16-17-30-25(29)27-21-12-10-19(11-13-21)14-15-26-24-28-22-8-4-5-9-23(22)31-24/h1-13H,14-18H2,(H,26,28). The summed E-state index contributed by atoms with van der Waals surface area (Å²) in [6, 6.07) is 27.5. The molecule has 0 aliphatic carbocycles. The summed E-state index contributed by atoms with van der Waals surface area (Å²) in [5.74, 6) is 1.10. The number of nitrogens with zero attached hydrogens (tertiary/aromatic N) is 3. The number of thioether (sulfide) groups is 1. The number of aromatic nitrogens is 1. The van der Waals surface area contributed by atoms with E-state index in [0.717, 1.165) is 53.3 Å². The van der Waals surface area contributed by atoms with Crippen LogP contribution >= 0.6 is 23.1 Å². The molecule has 0 bridgehead atoms. The lowest BCUT2D eigenvalue weighted by Gasteiger charge is -2.17. The molecule has 156 valence electrons. The topological polar surface area (TPSA) is 40.5 Å². The van der Waals surface area contributed by atoms with Gasteiger partial charge in [0.25, 0.3) is 0 Å². The summed E-state index contributed by atoms with van der Waals surface area (Å²) in [7, 11) is 0. The molecule has 1 aromatic heterocycles. The van der Waals surface area contributed by atoms with E-state index in [1.54, 1.807) is 11.3 Å². The Morgan fingerprint density at radius 3 is 2.55 bits per heavy atom. The Bertz CT molecular complexity index is 1140. The average molecular weight is 445 g/mol. The largest absolute Gasteiger partial charge is 0.361 e. The molecule has 1 fully saturated rings. The summed E-state index contributed by atoms with van der Waals surface area (Å²) in [5.41, 5.74) is 4.71. The van der Waals surface area contributed by atoms with Gasteiger partial charge in [0.2, 0.25) is 0 Å². The molecular weight excluding hydrogens is 420 g/mol. The van der Waals surface area contributed by atoms with Crippen LogP contribution in [0.1, 0.15) is 11.1 Å². The zero-order valence-electron chi connectivity index (χ0n) is 17.2. The van der Waals surface area contributed by atoms with Crippen molar-refractivity contribution in [2.75, 3.05) is 24.2 Å². The van der Waals surface area contributed by atoms with E-state index < -0.39 is 0 Å². The number of amidine groups is 1. The Labute approximate surface area is 191 Å². The second-order valence-corrected chi connectivity index (χ2v) is 9.57. The summed E-state index contributed by atoms with van der Waals surface area (Å²) >= 11 is 3.55. The minimum atomic E-state index is 0.869. The molecule has 0 saturated carbocycles. The van der Waals surface area contributed by atoms with Gasteiger partial charge >= 0.3 is 0 Å². The number of rotatable bonds is 7. The van der Waals surface area contributed by atoms with Crippen molar-refractivity contribution < 1.29 is 0 Å². The van der Waals surface area contributed by atoms with Crippen molar-refractivity contribution in [2.24, 2.45) is 4.99 Å². The third kappa shape index (κ3) is 5.09. The summed E-state index contributed by atoms with van der Waals surface area (Å²) < 4.78 is 1.22. The SMILES string of the molecule is c1ccc(CN2CCSC2=Nc2ccc(CCNc3nc4ccccc4s3)cc2)cc1. The van der Waals surface area contributed by atoms with Crippen LogP contribution in [0.4, 0.5) is 10.8 Å². The third-order valence-electron chi connectivity index (χ3n) is 5.22. The number of para-hydroxylation sites is 1. The maximum atomic E-state index is 4.91. The Morgan fingerprint density at radius 1 is 0.903 bits per heavy atom. The van der Waals surface area contributed by atoms with Gasteiger partial charge in [-0.05, 0) is 41.8 Å². The van der Waals surface area contributed by atoms with Crippen molar-refractivity contribution in [2.45, 2.75) is 13.0 Å². The predicted octanol–water partition coefficient (Wildman–Crippen LogP) is 6.19. The second-order valence-electron chi connectivity index (χ2n) is 7.48. The molecule has 5 rings (SSSR count). The van der Waals surface area contributed by atoms with Crippen molar-refractivity contribution in [3.63, 3.8) is 0 Å². The highest BCUT2D eigenvalue weighted by Crippen LogP contribution is 2.26. The summed E-state index contributed by atoms with van der Waals surface area (Å²) in [6.45, 7) is 2.84. The van der Waals surface area contributed by atoms with Gasteiger partial charge in [-0.2, -0.15) is 0 Å². The van der Waals surface area contributed by atoms with Gasteiger partial charge in [-0.1, -0.05) is 77.7 Å². The van der Waals surface area contributed by atoms with Gasteiger partial charge in [0, 0.05) is 25.4 Å². The number of hydrogen-bond acceptors (Lipinski definition) is 5. The van der Waals surface area contributed by atoms with E-state index in [2.05, 4.69) is 88.0 Å². The van der Waals surface area contributed by atoms with Crippen LogP contribution in [0.15, 0.2) is 83.9 Å². The van der Waals surface area contributed by atoms with Gasteiger partial charge in [0.05, 0.1) is 15.9 Å². The number of benzene rings is 3. The van der Waals surface area contributed by atoms with E-state index in [1.165, 1.54) is 15.8 Å². The molecular formula is C25H24N4S2. The highest BCUT2D eigenvalue weighted by atomic mass is 32.2. The smallest absolute Gasteiger partial charge is 0.183 e. The van der Waals surface area contributed by atoms with Crippen molar-refractivity contribution in [1.82, 2.24) is 9.88 Å². The van der Waals surface area contributed by atoms with Crippen molar-refractivity contribution in [3.05, 3.63) is 90.0 Å². The summed E-state index contributed by atoms with van der Waals surface area (Å²) in [5, 5.41) is 5.56. The first-order valence-corrected chi connectivity index (χ1v) is 12.3. The fraction of sp³-hybridized carbons (Fsp3) is 0.200. The molecule has 0 amide bonds. The molecule has 2 heterocycles. The molecule has 1 saturated heterocycles. The minimum Gasteiger partial charge on any atom is -0.361 e. The van der Waals surface area contributed by atoms with Gasteiger partial charge in [0.15, 0.2) is 10.3 Å². The normalized spacial score (nSPS) is 15.1. The molecule has 0 radical (unpaired) electrons. The molecule has 1 N–H and O–H groups in total. The molecule has 1 aliphatic rings. The van der Waals surface area contributed by atoms with E-state index >= 15 is 0 Å². The van der Waals surface area contributed by atoms with Crippen molar-refractivity contribution in [3.8, 4) is 0 Å². The van der Waals surface area contributed by atoms with E-state index in [-0.39, 0.29) is 0 Å². The molecule has 4 aromatic rings. The number of nitrogens with one attached hydrogen (secondary N) is 1. The van der Waals surface area contributed by atoms with Crippen LogP contribution in [0.25, 0.3) is 10.2 Å². The van der Waals surface area contributed by atoms with E-state index in [1.807, 2.05) is 17.8 Å². The van der Waals surface area contributed by atoms with Gasteiger partial charge in [-0.15, -0.1) is 0 Å². The molecule has 3 aromatic carbocycles. The van der Waals surface area contributed by atoms with Gasteiger partial charge in [-0.25, -0.2) is 9.98 Å². The number of aliphatic imine (C=N–C) groups is 1. The molecule has 6 heteroatoms. The van der Waals surface area contributed by atoms with Crippen LogP contribution in [-0.2, 0) is 13.0 Å². The lowest BCUT2D eigenvalue weighted by atomic mass is 10.1. The monoisotopic (exact) mass is 444 g/mol. The molecule has 4 nitrogen and oxygen atoms in total. The maximum Gasteiger partial charge on any atom is 0.183 e. The maximum absolute atomic E-state index is 4.91. The van der Waals surface area contributed by atoms with Gasteiger partial charge < -0.3 is 10.2 Å². The lowest BCUT2D eigenvalue weighted by Crippen LogP contribution is -2.23. The molecule has 0 atom stereocenters. The fourth-order valence-corrected chi connectivity index (χ4v) is 5.49. The number of thiazole rings is 1.